The van der Waals surface area contributed by atoms with Crippen LogP contribution in [-0.2, 0) is 0 Å². The number of rotatable bonds is 4. The van der Waals surface area contributed by atoms with Crippen molar-refractivity contribution in [2.24, 2.45) is 0 Å². The molecular weight excluding hydrogens is 345 g/mol. The maximum Gasteiger partial charge on any atom is 0.180 e. The van der Waals surface area contributed by atoms with E-state index >= 15 is 0 Å². The highest BCUT2D eigenvalue weighted by molar-refractivity contribution is 5.75. The molecule has 0 bridgehead atoms. The lowest BCUT2D eigenvalue weighted by molar-refractivity contribution is 0.111. The second-order valence-electron chi connectivity index (χ2n) is 6.83. The summed E-state index contributed by atoms with van der Waals surface area (Å²) < 4.78 is 15.5. The lowest BCUT2D eigenvalue weighted by Crippen LogP contribution is -2.21. The summed E-state index contributed by atoms with van der Waals surface area (Å²) in [5.41, 5.74) is 2.37. The van der Waals surface area contributed by atoms with Gasteiger partial charge >= 0.3 is 0 Å². The predicted molar refractivity (Wildman–Crippen MR) is 102 cm³/mol. The number of imidazole rings is 1. The normalized spacial score (nSPS) is 19.8. The summed E-state index contributed by atoms with van der Waals surface area (Å²) in [6.45, 7) is 0. The Bertz CT molecular complexity index is 916. The van der Waals surface area contributed by atoms with Crippen LogP contribution in [-0.4, -0.2) is 37.8 Å². The van der Waals surface area contributed by atoms with E-state index in [2.05, 4.69) is 24.8 Å². The highest BCUT2D eigenvalue weighted by atomic mass is 19.1. The van der Waals surface area contributed by atoms with E-state index in [0.717, 1.165) is 48.5 Å². The van der Waals surface area contributed by atoms with Crippen molar-refractivity contribution in [2.75, 3.05) is 12.4 Å². The predicted octanol–water partition coefficient (Wildman–Crippen LogP) is 3.66. The Labute approximate surface area is 157 Å². The van der Waals surface area contributed by atoms with Crippen LogP contribution < -0.4 is 5.32 Å². The maximum absolute atomic E-state index is 13.4. The highest BCUT2D eigenvalue weighted by Crippen LogP contribution is 2.36. The van der Waals surface area contributed by atoms with Gasteiger partial charge in [0.05, 0.1) is 18.1 Å². The average molecular weight is 367 g/mol. The highest BCUT2D eigenvalue weighted by Gasteiger charge is 2.26. The number of anilines is 1. The van der Waals surface area contributed by atoms with Crippen molar-refractivity contribution in [3.05, 3.63) is 48.7 Å². The minimum Gasteiger partial charge on any atom is -0.393 e. The Morgan fingerprint density at radius 1 is 1.07 bits per heavy atom. The van der Waals surface area contributed by atoms with Gasteiger partial charge in [-0.25, -0.2) is 19.3 Å². The van der Waals surface area contributed by atoms with Crippen LogP contribution >= 0.6 is 0 Å². The molecule has 0 spiro atoms. The van der Waals surface area contributed by atoms with Crippen LogP contribution in [0.1, 0.15) is 31.7 Å². The van der Waals surface area contributed by atoms with Gasteiger partial charge in [0, 0.05) is 24.8 Å². The maximum atomic E-state index is 13.4. The smallest absolute Gasteiger partial charge is 0.180 e. The van der Waals surface area contributed by atoms with E-state index < -0.39 is 0 Å². The molecule has 0 aliphatic heterocycles. The van der Waals surface area contributed by atoms with E-state index in [9.17, 15) is 9.50 Å². The van der Waals surface area contributed by atoms with Gasteiger partial charge in [-0.1, -0.05) is 0 Å². The first-order valence-corrected chi connectivity index (χ1v) is 9.17. The van der Waals surface area contributed by atoms with Crippen molar-refractivity contribution < 1.29 is 9.50 Å². The van der Waals surface area contributed by atoms with Gasteiger partial charge in [0.15, 0.2) is 5.82 Å². The third-order valence-corrected chi connectivity index (χ3v) is 5.09. The second kappa shape index (κ2) is 7.44. The zero-order valence-corrected chi connectivity index (χ0v) is 15.1. The zero-order valence-electron chi connectivity index (χ0n) is 15.1. The van der Waals surface area contributed by atoms with E-state index in [1.54, 1.807) is 24.4 Å². The summed E-state index contributed by atoms with van der Waals surface area (Å²) in [5, 5.41) is 12.9. The number of halogens is 1. The molecule has 0 atom stereocenters. The molecule has 3 aromatic rings. The fourth-order valence-electron chi connectivity index (χ4n) is 3.63. The summed E-state index contributed by atoms with van der Waals surface area (Å²) in [4.78, 5) is 13.7. The fourth-order valence-corrected chi connectivity index (χ4v) is 3.63. The first-order valence-electron chi connectivity index (χ1n) is 9.17. The van der Waals surface area contributed by atoms with Crippen molar-refractivity contribution >= 4 is 5.82 Å². The van der Waals surface area contributed by atoms with Gasteiger partial charge in [-0.3, -0.25) is 0 Å². The molecule has 2 aromatic heterocycles. The zero-order chi connectivity index (χ0) is 18.8. The van der Waals surface area contributed by atoms with Crippen LogP contribution in [0.4, 0.5) is 10.2 Å². The molecule has 1 aromatic carbocycles. The average Bonchev–Trinajstić information content (AvgIpc) is 3.14. The Balaban J connectivity index is 1.83. The number of nitrogens with zero attached hydrogens (tertiary/aromatic N) is 4. The fraction of sp³-hybridized carbons (Fsp3) is 0.350. The van der Waals surface area contributed by atoms with Crippen LogP contribution in [0.15, 0.2) is 42.9 Å². The summed E-state index contributed by atoms with van der Waals surface area (Å²) >= 11 is 0. The number of nitrogens with one attached hydrogen (secondary N) is 1. The standard InChI is InChI=1S/C20H22FN5O/c1-22-17-10-11-23-20(25-17)19-18(13-2-4-14(21)5-3-13)24-12-26(19)15-6-8-16(27)9-7-15/h2-5,10-12,15-16,27H,6-9H2,1H3,(H,22,23,25). The molecular formula is C20H22FN5O. The molecule has 0 radical (unpaired) electrons. The monoisotopic (exact) mass is 367 g/mol. The summed E-state index contributed by atoms with van der Waals surface area (Å²) in [5.74, 6) is 1.01. The number of aliphatic hydroxyl groups is 1. The van der Waals surface area contributed by atoms with Crippen molar-refractivity contribution in [1.82, 2.24) is 19.5 Å². The van der Waals surface area contributed by atoms with Gasteiger partial charge in [-0.2, -0.15) is 0 Å². The lowest BCUT2D eigenvalue weighted by atomic mass is 9.92. The number of hydrogen-bond donors (Lipinski definition) is 2. The Morgan fingerprint density at radius 3 is 2.52 bits per heavy atom. The minimum absolute atomic E-state index is 0.228. The molecule has 1 aliphatic rings. The SMILES string of the molecule is CNc1ccnc(-c2c(-c3ccc(F)cc3)ncn2C2CCC(O)CC2)n1. The molecule has 0 unspecified atom stereocenters. The quantitative estimate of drug-likeness (QED) is 0.736. The number of aromatic nitrogens is 4. The molecule has 7 heteroatoms. The van der Waals surface area contributed by atoms with E-state index in [-0.39, 0.29) is 18.0 Å². The molecule has 27 heavy (non-hydrogen) atoms. The Kier molecular flexibility index (Phi) is 4.85. The van der Waals surface area contributed by atoms with Crippen molar-refractivity contribution in [1.29, 1.82) is 0 Å². The van der Waals surface area contributed by atoms with Crippen LogP contribution in [0.5, 0.6) is 0 Å². The molecule has 2 N–H and O–H groups in total. The molecule has 4 rings (SSSR count). The number of hydrogen-bond acceptors (Lipinski definition) is 5. The van der Waals surface area contributed by atoms with Gasteiger partial charge in [-0.05, 0) is 56.0 Å². The van der Waals surface area contributed by atoms with Gasteiger partial charge in [-0.15, -0.1) is 0 Å². The van der Waals surface area contributed by atoms with E-state index in [1.165, 1.54) is 12.1 Å². The van der Waals surface area contributed by atoms with Crippen LogP contribution in [0, 0.1) is 5.82 Å². The van der Waals surface area contributed by atoms with Gasteiger partial charge in [0.1, 0.15) is 17.3 Å². The molecule has 0 amide bonds. The van der Waals surface area contributed by atoms with E-state index in [4.69, 9.17) is 0 Å². The minimum atomic E-state index is -0.283. The first kappa shape index (κ1) is 17.6. The molecule has 140 valence electrons. The number of benzene rings is 1. The molecule has 1 saturated carbocycles. The lowest BCUT2D eigenvalue weighted by Gasteiger charge is -2.27. The largest absolute Gasteiger partial charge is 0.393 e. The molecule has 2 heterocycles. The van der Waals surface area contributed by atoms with Crippen LogP contribution in [0.25, 0.3) is 22.8 Å². The van der Waals surface area contributed by atoms with E-state index in [1.807, 2.05) is 13.4 Å². The summed E-state index contributed by atoms with van der Waals surface area (Å²) in [6.07, 6.45) is 6.58. The van der Waals surface area contributed by atoms with Crippen molar-refractivity contribution in [3.63, 3.8) is 0 Å². The van der Waals surface area contributed by atoms with Crippen LogP contribution in [0.2, 0.25) is 0 Å². The molecule has 6 nitrogen and oxygen atoms in total. The topological polar surface area (TPSA) is 75.9 Å². The van der Waals surface area contributed by atoms with Gasteiger partial charge < -0.3 is 15.0 Å². The van der Waals surface area contributed by atoms with E-state index in [0.29, 0.717) is 5.82 Å². The third kappa shape index (κ3) is 3.55. The molecule has 0 saturated heterocycles. The molecule has 1 aliphatic carbocycles. The van der Waals surface area contributed by atoms with Crippen molar-refractivity contribution in [2.45, 2.75) is 37.8 Å². The molecule has 1 fully saturated rings. The summed E-state index contributed by atoms with van der Waals surface area (Å²) in [7, 11) is 1.81. The number of aliphatic hydroxyl groups excluding tert-OH is 1. The summed E-state index contributed by atoms with van der Waals surface area (Å²) in [6, 6.07) is 8.33. The Morgan fingerprint density at radius 2 is 1.81 bits per heavy atom. The van der Waals surface area contributed by atoms with Gasteiger partial charge in [0.2, 0.25) is 0 Å². The Hall–Kier alpha value is -2.80. The van der Waals surface area contributed by atoms with Crippen molar-refractivity contribution in [3.8, 4) is 22.8 Å². The first-order chi connectivity index (χ1) is 13.2. The second-order valence-corrected chi connectivity index (χ2v) is 6.83. The van der Waals surface area contributed by atoms with Crippen LogP contribution in [0.3, 0.4) is 0 Å². The third-order valence-electron chi connectivity index (χ3n) is 5.09. The van der Waals surface area contributed by atoms with Gasteiger partial charge in [0.25, 0.3) is 0 Å².